The molecule has 1 fully saturated rings. The average Bonchev–Trinajstić information content (AvgIpc) is 3.04. The Balaban J connectivity index is 1.73. The molecule has 0 amide bonds. The first-order chi connectivity index (χ1) is 11.2. The van der Waals surface area contributed by atoms with Crippen molar-refractivity contribution >= 4 is 5.96 Å². The first-order valence-corrected chi connectivity index (χ1v) is 8.10. The van der Waals surface area contributed by atoms with E-state index < -0.39 is 0 Å². The van der Waals surface area contributed by atoms with E-state index in [1.165, 1.54) is 6.42 Å². The molecule has 1 aromatic carbocycles. The monoisotopic (exact) mass is 320 g/mol. The van der Waals surface area contributed by atoms with Gasteiger partial charge in [0, 0.05) is 32.3 Å². The van der Waals surface area contributed by atoms with Gasteiger partial charge in [-0.15, -0.1) is 0 Å². The van der Waals surface area contributed by atoms with Crippen molar-refractivity contribution in [3.63, 3.8) is 0 Å². The first-order valence-electron chi connectivity index (χ1n) is 8.10. The normalized spacial score (nSPS) is 19.0. The van der Waals surface area contributed by atoms with Crippen molar-refractivity contribution in [2.24, 2.45) is 16.6 Å². The summed E-state index contributed by atoms with van der Waals surface area (Å²) in [5, 5.41) is 3.24. The van der Waals surface area contributed by atoms with Gasteiger partial charge in [0.25, 0.3) is 0 Å². The summed E-state index contributed by atoms with van der Waals surface area (Å²) in [6.07, 6.45) is 1.19. The Kier molecular flexibility index (Phi) is 7.16. The molecule has 0 unspecified atom stereocenters. The molecule has 1 saturated heterocycles. The van der Waals surface area contributed by atoms with Gasteiger partial charge in [0.05, 0.1) is 20.3 Å². The van der Waals surface area contributed by atoms with Gasteiger partial charge in [-0.25, -0.2) is 4.99 Å². The summed E-state index contributed by atoms with van der Waals surface area (Å²) in [5.74, 6) is 1.95. The van der Waals surface area contributed by atoms with Crippen molar-refractivity contribution in [1.82, 2.24) is 10.2 Å². The minimum absolute atomic E-state index is 0.492. The van der Waals surface area contributed by atoms with Crippen LogP contribution in [-0.2, 0) is 11.3 Å². The van der Waals surface area contributed by atoms with Gasteiger partial charge in [-0.3, -0.25) is 0 Å². The lowest BCUT2D eigenvalue weighted by molar-refractivity contribution is 0.159. The zero-order valence-corrected chi connectivity index (χ0v) is 14.1. The molecule has 3 N–H and O–H groups in total. The number of nitrogens with two attached hydrogens (primary N) is 1. The largest absolute Gasteiger partial charge is 0.496 e. The molecular weight excluding hydrogens is 292 g/mol. The van der Waals surface area contributed by atoms with Crippen molar-refractivity contribution in [3.8, 4) is 5.75 Å². The molecule has 0 spiro atoms. The van der Waals surface area contributed by atoms with Crippen molar-refractivity contribution in [1.29, 1.82) is 0 Å². The fourth-order valence-electron chi connectivity index (χ4n) is 2.81. The molecule has 1 aliphatic heterocycles. The van der Waals surface area contributed by atoms with E-state index in [0.29, 0.717) is 18.4 Å². The summed E-state index contributed by atoms with van der Waals surface area (Å²) >= 11 is 0. The second kappa shape index (κ2) is 9.37. The molecule has 6 nitrogen and oxygen atoms in total. The zero-order chi connectivity index (χ0) is 16.5. The van der Waals surface area contributed by atoms with Crippen molar-refractivity contribution in [2.75, 3.05) is 47.0 Å². The molecule has 0 aromatic heterocycles. The van der Waals surface area contributed by atoms with Crippen LogP contribution >= 0.6 is 0 Å². The van der Waals surface area contributed by atoms with Gasteiger partial charge in [-0.05, 0) is 24.9 Å². The summed E-state index contributed by atoms with van der Waals surface area (Å²) in [4.78, 5) is 6.83. The smallest absolute Gasteiger partial charge is 0.188 e. The molecule has 1 aromatic rings. The lowest BCUT2D eigenvalue weighted by Crippen LogP contribution is -2.36. The number of likely N-dealkylation sites (tertiary alicyclic amines) is 1. The van der Waals surface area contributed by atoms with Crippen LogP contribution in [0.2, 0.25) is 0 Å². The second-order valence-electron chi connectivity index (χ2n) is 5.84. The standard InChI is InChI=1S/C17H28N4O2/c1-22-10-9-21-8-7-14(13-21)11-19-17(18)20-12-15-5-3-4-6-16(15)23-2/h3-6,14H,7-13H2,1-2H3,(H3,18,19,20)/t14-/m1/s1. The van der Waals surface area contributed by atoms with Crippen LogP contribution in [-0.4, -0.2) is 57.9 Å². The fraction of sp³-hybridized carbons (Fsp3) is 0.588. The van der Waals surface area contributed by atoms with Crippen LogP contribution in [0.4, 0.5) is 0 Å². The average molecular weight is 320 g/mol. The number of benzene rings is 1. The predicted molar refractivity (Wildman–Crippen MR) is 92.7 cm³/mol. The highest BCUT2D eigenvalue weighted by Gasteiger charge is 2.21. The van der Waals surface area contributed by atoms with Crippen molar-refractivity contribution in [3.05, 3.63) is 29.8 Å². The third kappa shape index (κ3) is 5.73. The van der Waals surface area contributed by atoms with E-state index in [9.17, 15) is 0 Å². The highest BCUT2D eigenvalue weighted by molar-refractivity contribution is 5.77. The number of hydrogen-bond donors (Lipinski definition) is 2. The van der Waals surface area contributed by atoms with Crippen LogP contribution in [0.15, 0.2) is 29.3 Å². The van der Waals surface area contributed by atoms with E-state index in [4.69, 9.17) is 15.2 Å². The van der Waals surface area contributed by atoms with Crippen molar-refractivity contribution in [2.45, 2.75) is 13.0 Å². The number of hydrogen-bond acceptors (Lipinski definition) is 4. The summed E-state index contributed by atoms with van der Waals surface area (Å²) < 4.78 is 10.4. The van der Waals surface area contributed by atoms with Gasteiger partial charge < -0.3 is 25.4 Å². The number of ether oxygens (including phenoxy) is 2. The Labute approximate surface area is 138 Å². The number of rotatable bonds is 8. The molecule has 1 aliphatic rings. The topological polar surface area (TPSA) is 72.1 Å². The number of para-hydroxylation sites is 1. The first kappa shape index (κ1) is 17.6. The molecule has 0 radical (unpaired) electrons. The lowest BCUT2D eigenvalue weighted by Gasteiger charge is -2.15. The molecule has 1 heterocycles. The van der Waals surface area contributed by atoms with E-state index in [1.54, 1.807) is 14.2 Å². The molecule has 0 bridgehead atoms. The Morgan fingerprint density at radius 1 is 1.39 bits per heavy atom. The molecule has 0 aliphatic carbocycles. The Hall–Kier alpha value is -1.79. The van der Waals surface area contributed by atoms with Crippen molar-refractivity contribution < 1.29 is 9.47 Å². The van der Waals surface area contributed by atoms with Gasteiger partial charge in [-0.2, -0.15) is 0 Å². The van der Waals surface area contributed by atoms with Crippen LogP contribution in [0, 0.1) is 5.92 Å². The minimum atomic E-state index is 0.492. The van der Waals surface area contributed by atoms with Crippen LogP contribution in [0.5, 0.6) is 5.75 Å². The van der Waals surface area contributed by atoms with Crippen LogP contribution in [0.25, 0.3) is 0 Å². The highest BCUT2D eigenvalue weighted by atomic mass is 16.5. The molecule has 0 saturated carbocycles. The highest BCUT2D eigenvalue weighted by Crippen LogP contribution is 2.18. The number of guanidine groups is 1. The van der Waals surface area contributed by atoms with Gasteiger partial charge in [-0.1, -0.05) is 18.2 Å². The maximum absolute atomic E-state index is 5.97. The fourth-order valence-corrected chi connectivity index (χ4v) is 2.81. The quantitative estimate of drug-likeness (QED) is 0.554. The molecular formula is C17H28N4O2. The number of nitrogens with zero attached hydrogens (tertiary/aromatic N) is 2. The van der Waals surface area contributed by atoms with Crippen LogP contribution in [0.3, 0.4) is 0 Å². The van der Waals surface area contributed by atoms with Gasteiger partial charge >= 0.3 is 0 Å². The van der Waals surface area contributed by atoms with E-state index in [-0.39, 0.29) is 0 Å². The van der Waals surface area contributed by atoms with E-state index in [0.717, 1.165) is 44.1 Å². The van der Waals surface area contributed by atoms with Gasteiger partial charge in [0.2, 0.25) is 0 Å². The third-order valence-corrected chi connectivity index (χ3v) is 4.17. The molecule has 23 heavy (non-hydrogen) atoms. The molecule has 1 atom stereocenters. The van der Waals surface area contributed by atoms with E-state index in [1.807, 2.05) is 24.3 Å². The van der Waals surface area contributed by atoms with Gasteiger partial charge in [0.15, 0.2) is 5.96 Å². The predicted octanol–water partition coefficient (Wildman–Crippen LogP) is 1.07. The SMILES string of the molecule is COCCN1CC[C@H](CNC(N)=NCc2ccccc2OC)C1. The Bertz CT molecular complexity index is 507. The number of methoxy groups -OCH3 is 2. The second-order valence-corrected chi connectivity index (χ2v) is 5.84. The Morgan fingerprint density at radius 2 is 2.22 bits per heavy atom. The maximum Gasteiger partial charge on any atom is 0.188 e. The van der Waals surface area contributed by atoms with E-state index >= 15 is 0 Å². The summed E-state index contributed by atoms with van der Waals surface area (Å²) in [6, 6.07) is 7.86. The third-order valence-electron chi connectivity index (χ3n) is 4.17. The lowest BCUT2D eigenvalue weighted by atomic mass is 10.1. The Morgan fingerprint density at radius 3 is 3.00 bits per heavy atom. The van der Waals surface area contributed by atoms with Gasteiger partial charge in [0.1, 0.15) is 5.75 Å². The van der Waals surface area contributed by atoms with E-state index in [2.05, 4.69) is 15.2 Å². The molecule has 128 valence electrons. The number of nitrogens with one attached hydrogen (secondary N) is 1. The summed E-state index contributed by atoms with van der Waals surface area (Å²) in [6.45, 7) is 5.41. The number of aliphatic imine (C=N–C) groups is 1. The minimum Gasteiger partial charge on any atom is -0.496 e. The van der Waals surface area contributed by atoms with Crippen LogP contribution < -0.4 is 15.8 Å². The summed E-state index contributed by atoms with van der Waals surface area (Å²) in [7, 11) is 3.41. The van der Waals surface area contributed by atoms with Crippen LogP contribution in [0.1, 0.15) is 12.0 Å². The molecule has 6 heteroatoms. The molecule has 2 rings (SSSR count). The summed E-state index contributed by atoms with van der Waals surface area (Å²) in [5.41, 5.74) is 7.00. The zero-order valence-electron chi connectivity index (χ0n) is 14.1. The maximum atomic E-state index is 5.97.